The maximum absolute atomic E-state index is 12.4. The number of anilines is 2. The number of nitrogens with zero attached hydrogens (tertiary/aromatic N) is 2. The predicted molar refractivity (Wildman–Crippen MR) is 79.3 cm³/mol. The Labute approximate surface area is 122 Å². The molecule has 110 valence electrons. The fourth-order valence-corrected chi connectivity index (χ4v) is 3.36. The van der Waals surface area contributed by atoms with Crippen LogP contribution in [-0.2, 0) is 4.74 Å². The maximum atomic E-state index is 12.4. The number of nitrogens with one attached hydrogen (secondary N) is 1. The fourth-order valence-electron chi connectivity index (χ4n) is 2.45. The third kappa shape index (κ3) is 2.60. The number of hydrogen-bond acceptors (Lipinski definition) is 6. The van der Waals surface area contributed by atoms with Gasteiger partial charge in [-0.25, -0.2) is 0 Å². The number of nitrogen functional groups attached to an aromatic ring is 1. The Morgan fingerprint density at radius 1 is 1.60 bits per heavy atom. The van der Waals surface area contributed by atoms with Crippen LogP contribution in [0.1, 0.15) is 36.5 Å². The topological polar surface area (TPSA) is 80.5 Å². The van der Waals surface area contributed by atoms with Crippen LogP contribution in [0.3, 0.4) is 0 Å². The van der Waals surface area contributed by atoms with Crippen molar-refractivity contribution in [3.8, 4) is 0 Å². The largest absolute Gasteiger partial charge is 0.382 e. The molecule has 2 heterocycles. The molecule has 3 N–H and O–H groups in total. The molecule has 0 radical (unpaired) electrons. The van der Waals surface area contributed by atoms with Gasteiger partial charge in [0.2, 0.25) is 0 Å². The van der Waals surface area contributed by atoms with E-state index in [0.717, 1.165) is 30.8 Å². The molecule has 7 heteroatoms. The van der Waals surface area contributed by atoms with Crippen LogP contribution in [0.15, 0.2) is 0 Å². The molecule has 0 aromatic carbocycles. The molecule has 20 heavy (non-hydrogen) atoms. The lowest BCUT2D eigenvalue weighted by atomic mass is 10.1. The molecule has 1 saturated heterocycles. The molecule has 2 aliphatic rings. The quantitative estimate of drug-likeness (QED) is 0.873. The van der Waals surface area contributed by atoms with Gasteiger partial charge < -0.3 is 20.7 Å². The molecular formula is C13H20N4O2S. The molecule has 2 fully saturated rings. The summed E-state index contributed by atoms with van der Waals surface area (Å²) < 4.78 is 9.70. The van der Waals surface area contributed by atoms with Gasteiger partial charge in [0, 0.05) is 12.6 Å². The van der Waals surface area contributed by atoms with Gasteiger partial charge in [-0.15, -0.1) is 0 Å². The van der Waals surface area contributed by atoms with Crippen molar-refractivity contribution in [3.05, 3.63) is 5.56 Å². The molecule has 1 unspecified atom stereocenters. The Bertz CT molecular complexity index is 501. The minimum Gasteiger partial charge on any atom is -0.382 e. The zero-order chi connectivity index (χ0) is 14.1. The molecule has 1 saturated carbocycles. The average molecular weight is 296 g/mol. The summed E-state index contributed by atoms with van der Waals surface area (Å²) in [6, 6.07) is 0.609. The van der Waals surface area contributed by atoms with E-state index in [4.69, 9.17) is 10.5 Å². The first-order valence-corrected chi connectivity index (χ1v) is 7.88. The fraction of sp³-hybridized carbons (Fsp3) is 0.692. The highest BCUT2D eigenvalue weighted by Crippen LogP contribution is 2.34. The van der Waals surface area contributed by atoms with Gasteiger partial charge in [-0.3, -0.25) is 4.79 Å². The highest BCUT2D eigenvalue weighted by molar-refractivity contribution is 7.11. The Morgan fingerprint density at radius 2 is 2.40 bits per heavy atom. The van der Waals surface area contributed by atoms with Gasteiger partial charge in [-0.05, 0) is 30.8 Å². The number of carbonyl (C=O) groups is 1. The summed E-state index contributed by atoms with van der Waals surface area (Å²) in [5.74, 6) is 0.250. The molecule has 1 aromatic heterocycles. The van der Waals surface area contributed by atoms with Crippen LogP contribution in [0.4, 0.5) is 10.8 Å². The van der Waals surface area contributed by atoms with Crippen molar-refractivity contribution in [2.75, 3.05) is 30.4 Å². The monoisotopic (exact) mass is 296 g/mol. The number of carbonyl (C=O) groups excluding carboxylic acids is 1. The van der Waals surface area contributed by atoms with Crippen molar-refractivity contribution >= 4 is 28.3 Å². The summed E-state index contributed by atoms with van der Waals surface area (Å²) in [5.41, 5.74) is 6.46. The Balaban J connectivity index is 1.86. The standard InChI is InChI=1S/C13H20N4O2S/c1-2-9-7-19-6-5-17(9)13-10(11(14)16-20-13)12(18)15-8-3-4-8/h8-9H,2-7H2,1H3,(H2,14,16)(H,15,18). The zero-order valence-corrected chi connectivity index (χ0v) is 12.4. The number of hydrogen-bond donors (Lipinski definition) is 2. The van der Waals surface area contributed by atoms with Crippen molar-refractivity contribution in [1.29, 1.82) is 0 Å². The number of morpholine rings is 1. The molecule has 0 bridgehead atoms. The molecule has 1 amide bonds. The second-order valence-electron chi connectivity index (χ2n) is 5.33. The smallest absolute Gasteiger partial charge is 0.258 e. The van der Waals surface area contributed by atoms with Gasteiger partial charge in [-0.1, -0.05) is 6.92 Å². The lowest BCUT2D eigenvalue weighted by molar-refractivity contribution is 0.0916. The lowest BCUT2D eigenvalue weighted by Crippen LogP contribution is -2.45. The first-order valence-electron chi connectivity index (χ1n) is 7.11. The summed E-state index contributed by atoms with van der Waals surface area (Å²) in [5, 5.41) is 3.88. The molecule has 1 aliphatic carbocycles. The van der Waals surface area contributed by atoms with Crippen molar-refractivity contribution < 1.29 is 9.53 Å². The van der Waals surface area contributed by atoms with Gasteiger partial charge >= 0.3 is 0 Å². The normalized spacial score (nSPS) is 22.9. The average Bonchev–Trinajstić information content (AvgIpc) is 3.18. The van der Waals surface area contributed by atoms with Crippen LogP contribution in [0, 0.1) is 0 Å². The Morgan fingerprint density at radius 3 is 3.10 bits per heavy atom. The van der Waals surface area contributed by atoms with E-state index in [1.165, 1.54) is 11.5 Å². The van der Waals surface area contributed by atoms with Crippen LogP contribution in [-0.4, -0.2) is 42.1 Å². The third-order valence-electron chi connectivity index (χ3n) is 3.80. The Kier molecular flexibility index (Phi) is 3.80. The van der Waals surface area contributed by atoms with Gasteiger partial charge in [0.15, 0.2) is 5.82 Å². The Hall–Kier alpha value is -1.34. The summed E-state index contributed by atoms with van der Waals surface area (Å²) in [4.78, 5) is 14.6. The second-order valence-corrected chi connectivity index (χ2v) is 6.08. The summed E-state index contributed by atoms with van der Waals surface area (Å²) in [7, 11) is 0. The zero-order valence-electron chi connectivity index (χ0n) is 11.6. The third-order valence-corrected chi connectivity index (χ3v) is 4.70. The number of aromatic nitrogens is 1. The van der Waals surface area contributed by atoms with Crippen LogP contribution < -0.4 is 16.0 Å². The van der Waals surface area contributed by atoms with Crippen molar-refractivity contribution in [3.63, 3.8) is 0 Å². The van der Waals surface area contributed by atoms with Crippen LogP contribution in [0.25, 0.3) is 0 Å². The van der Waals surface area contributed by atoms with E-state index < -0.39 is 0 Å². The van der Waals surface area contributed by atoms with E-state index in [-0.39, 0.29) is 11.9 Å². The molecule has 3 rings (SSSR count). The van der Waals surface area contributed by atoms with Gasteiger partial charge in [0.1, 0.15) is 10.6 Å². The summed E-state index contributed by atoms with van der Waals surface area (Å²) in [6.45, 7) is 4.28. The van der Waals surface area contributed by atoms with Crippen molar-refractivity contribution in [1.82, 2.24) is 9.69 Å². The molecule has 1 atom stereocenters. The highest BCUT2D eigenvalue weighted by Gasteiger charge is 2.32. The minimum absolute atomic E-state index is 0.0879. The van der Waals surface area contributed by atoms with E-state index >= 15 is 0 Å². The maximum Gasteiger partial charge on any atom is 0.258 e. The number of amides is 1. The van der Waals surface area contributed by atoms with E-state index in [1.54, 1.807) is 0 Å². The lowest BCUT2D eigenvalue weighted by Gasteiger charge is -2.36. The molecule has 1 aromatic rings. The first kappa shape index (κ1) is 13.6. The number of ether oxygens (including phenoxy) is 1. The molecule has 1 aliphatic heterocycles. The second kappa shape index (κ2) is 5.57. The molecule has 6 nitrogen and oxygen atoms in total. The van der Waals surface area contributed by atoms with Gasteiger partial charge in [0.25, 0.3) is 5.91 Å². The van der Waals surface area contributed by atoms with E-state index in [2.05, 4.69) is 21.5 Å². The van der Waals surface area contributed by atoms with Gasteiger partial charge in [-0.2, -0.15) is 4.37 Å². The van der Waals surface area contributed by atoms with Crippen LogP contribution in [0.2, 0.25) is 0 Å². The number of rotatable bonds is 4. The van der Waals surface area contributed by atoms with Gasteiger partial charge in [0.05, 0.1) is 19.3 Å². The van der Waals surface area contributed by atoms with E-state index in [0.29, 0.717) is 30.6 Å². The number of nitrogens with two attached hydrogens (primary N) is 1. The van der Waals surface area contributed by atoms with Crippen molar-refractivity contribution in [2.24, 2.45) is 0 Å². The summed E-state index contributed by atoms with van der Waals surface area (Å²) in [6.07, 6.45) is 3.10. The SMILES string of the molecule is CCC1COCCN1c1snc(N)c1C(=O)NC1CC1. The first-order chi connectivity index (χ1) is 9.70. The van der Waals surface area contributed by atoms with E-state index in [1.807, 2.05) is 0 Å². The van der Waals surface area contributed by atoms with Crippen LogP contribution >= 0.6 is 11.5 Å². The summed E-state index contributed by atoms with van der Waals surface area (Å²) >= 11 is 1.31. The predicted octanol–water partition coefficient (Wildman–Crippen LogP) is 1.23. The molecular weight excluding hydrogens is 276 g/mol. The van der Waals surface area contributed by atoms with E-state index in [9.17, 15) is 4.79 Å². The van der Waals surface area contributed by atoms with Crippen LogP contribution in [0.5, 0.6) is 0 Å². The highest BCUT2D eigenvalue weighted by atomic mass is 32.1. The van der Waals surface area contributed by atoms with Crippen molar-refractivity contribution in [2.45, 2.75) is 38.3 Å². The molecule has 0 spiro atoms. The minimum atomic E-state index is -0.0879.